The van der Waals surface area contributed by atoms with Crippen LogP contribution in [0.1, 0.15) is 40.7 Å². The molecule has 6 rings (SSSR count). The summed E-state index contributed by atoms with van der Waals surface area (Å²) in [5.41, 5.74) is 11.3. The Balaban J connectivity index is 1.41. The quantitative estimate of drug-likeness (QED) is 0.269. The average molecular weight is 496 g/mol. The van der Waals surface area contributed by atoms with Gasteiger partial charge in [0, 0.05) is 40.8 Å². The fourth-order valence-electron chi connectivity index (χ4n) is 5.23. The highest BCUT2D eigenvalue weighted by atomic mass is 16.3. The minimum absolute atomic E-state index is 0.224. The van der Waals surface area contributed by atoms with Crippen LogP contribution in [0.15, 0.2) is 91.4 Å². The number of benzene rings is 2. The molecule has 0 bridgehead atoms. The lowest BCUT2D eigenvalue weighted by molar-refractivity contribution is 0.477. The Labute approximate surface area is 223 Å². The molecule has 1 aliphatic rings. The number of aromatic nitrogens is 3. The molecule has 38 heavy (non-hydrogen) atoms. The summed E-state index contributed by atoms with van der Waals surface area (Å²) in [7, 11) is 0. The Bertz CT molecular complexity index is 1640. The van der Waals surface area contributed by atoms with Gasteiger partial charge in [-0.25, -0.2) is 0 Å². The number of nitrogens with zero attached hydrogens (tertiary/aromatic N) is 3. The maximum absolute atomic E-state index is 10.3. The van der Waals surface area contributed by atoms with Crippen LogP contribution in [0.4, 0.5) is 0 Å². The number of phenolic OH excluding ortho intramolecular Hbond substituents is 1. The minimum atomic E-state index is 0.224. The summed E-state index contributed by atoms with van der Waals surface area (Å²) in [4.78, 5) is 14.2. The molecule has 0 radical (unpaired) electrons. The van der Waals surface area contributed by atoms with E-state index in [9.17, 15) is 5.11 Å². The monoisotopic (exact) mass is 495 g/mol. The van der Waals surface area contributed by atoms with Crippen LogP contribution in [0.2, 0.25) is 0 Å². The van der Waals surface area contributed by atoms with E-state index < -0.39 is 0 Å². The highest BCUT2D eigenvalue weighted by Gasteiger charge is 2.14. The van der Waals surface area contributed by atoms with Crippen LogP contribution in [0.25, 0.3) is 45.9 Å². The third kappa shape index (κ3) is 4.85. The van der Waals surface area contributed by atoms with E-state index in [4.69, 9.17) is 9.97 Å². The van der Waals surface area contributed by atoms with Gasteiger partial charge in [0.2, 0.25) is 0 Å². The van der Waals surface area contributed by atoms with Crippen molar-refractivity contribution in [1.29, 1.82) is 0 Å². The molecule has 1 aliphatic carbocycles. The fourth-order valence-corrected chi connectivity index (χ4v) is 5.23. The zero-order valence-electron chi connectivity index (χ0n) is 21.4. The topological polar surface area (TPSA) is 58.9 Å². The molecular formula is C34H29N3O. The van der Waals surface area contributed by atoms with E-state index in [1.807, 2.05) is 55.7 Å². The molecule has 0 aliphatic heterocycles. The molecule has 4 heteroatoms. The summed E-state index contributed by atoms with van der Waals surface area (Å²) in [6, 6.07) is 24.3. The lowest BCUT2D eigenvalue weighted by Gasteiger charge is -2.15. The molecular weight excluding hydrogens is 466 g/mol. The number of fused-ring (bicyclic) bond motifs is 1. The van der Waals surface area contributed by atoms with E-state index in [1.165, 1.54) is 36.0 Å². The second-order valence-corrected chi connectivity index (χ2v) is 9.85. The van der Waals surface area contributed by atoms with Crippen LogP contribution in [0.3, 0.4) is 0 Å². The van der Waals surface area contributed by atoms with Crippen molar-refractivity contribution in [3.63, 3.8) is 0 Å². The van der Waals surface area contributed by atoms with Gasteiger partial charge >= 0.3 is 0 Å². The van der Waals surface area contributed by atoms with Gasteiger partial charge in [-0.05, 0) is 91.3 Å². The van der Waals surface area contributed by atoms with Crippen molar-refractivity contribution < 1.29 is 5.11 Å². The summed E-state index contributed by atoms with van der Waals surface area (Å²) in [5, 5.41) is 10.3. The van der Waals surface area contributed by atoms with Crippen LogP contribution in [0, 0.1) is 6.92 Å². The first-order chi connectivity index (χ1) is 18.7. The van der Waals surface area contributed by atoms with Gasteiger partial charge in [-0.15, -0.1) is 0 Å². The van der Waals surface area contributed by atoms with Gasteiger partial charge in [-0.3, -0.25) is 15.0 Å². The minimum Gasteiger partial charge on any atom is -0.507 e. The fraction of sp³-hybridized carbons (Fsp3) is 0.147. The first-order valence-corrected chi connectivity index (χ1v) is 13.1. The standard InChI is InChI=1S/C34H29N3O/c1-23-18-29(22-36-33(23)30-10-4-5-12-32(30)38)34-27(20-28(21-37-34)31-11-6-7-17-35-31)16-14-24-13-15-25-8-2-3-9-26(25)19-24/h4-7,10-22,38H,2-3,8-9H2,1H3/b16-14+. The van der Waals surface area contributed by atoms with E-state index >= 15 is 0 Å². The molecule has 0 unspecified atom stereocenters. The molecule has 0 saturated heterocycles. The number of phenols is 1. The van der Waals surface area contributed by atoms with Gasteiger partial charge in [0.25, 0.3) is 0 Å². The number of pyridine rings is 3. The van der Waals surface area contributed by atoms with Gasteiger partial charge in [0.05, 0.1) is 17.1 Å². The van der Waals surface area contributed by atoms with Gasteiger partial charge in [-0.2, -0.15) is 0 Å². The second-order valence-electron chi connectivity index (χ2n) is 9.85. The molecule has 4 nitrogen and oxygen atoms in total. The lowest BCUT2D eigenvalue weighted by Crippen LogP contribution is -2.02. The third-order valence-corrected chi connectivity index (χ3v) is 7.22. The number of aromatic hydroxyl groups is 1. The van der Waals surface area contributed by atoms with Crippen molar-refractivity contribution in [1.82, 2.24) is 15.0 Å². The maximum Gasteiger partial charge on any atom is 0.124 e. The van der Waals surface area contributed by atoms with Crippen LogP contribution < -0.4 is 0 Å². The summed E-state index contributed by atoms with van der Waals surface area (Å²) >= 11 is 0. The molecule has 0 atom stereocenters. The van der Waals surface area contributed by atoms with Gasteiger partial charge in [-0.1, -0.05) is 48.6 Å². The normalized spacial score (nSPS) is 13.0. The molecule has 0 spiro atoms. The SMILES string of the molecule is Cc1cc(-c2ncc(-c3ccccn3)cc2/C=C/c2ccc3c(c2)CCCC3)cnc1-c1ccccc1O. The number of para-hydroxylation sites is 1. The van der Waals surface area contributed by atoms with Crippen LogP contribution in [0.5, 0.6) is 5.75 Å². The second kappa shape index (κ2) is 10.4. The molecule has 3 aromatic heterocycles. The van der Waals surface area contributed by atoms with Crippen molar-refractivity contribution >= 4 is 12.2 Å². The highest BCUT2D eigenvalue weighted by Crippen LogP contribution is 2.33. The van der Waals surface area contributed by atoms with E-state index in [0.29, 0.717) is 0 Å². The smallest absolute Gasteiger partial charge is 0.124 e. The van der Waals surface area contributed by atoms with Gasteiger partial charge in [0.15, 0.2) is 0 Å². The molecule has 1 N–H and O–H groups in total. The zero-order valence-corrected chi connectivity index (χ0v) is 21.4. The Morgan fingerprint density at radius 1 is 0.711 bits per heavy atom. The summed E-state index contributed by atoms with van der Waals surface area (Å²) in [6.07, 6.45) is 14.7. The first kappa shape index (κ1) is 23.8. The van der Waals surface area contributed by atoms with Crippen molar-refractivity contribution in [2.45, 2.75) is 32.6 Å². The van der Waals surface area contributed by atoms with E-state index in [2.05, 4.69) is 47.5 Å². The molecule has 0 saturated carbocycles. The number of rotatable bonds is 5. The lowest BCUT2D eigenvalue weighted by atomic mass is 9.90. The molecule has 5 aromatic rings. The molecule has 2 aromatic carbocycles. The Morgan fingerprint density at radius 3 is 2.32 bits per heavy atom. The first-order valence-electron chi connectivity index (χ1n) is 13.1. The number of aryl methyl sites for hydroxylation is 3. The van der Waals surface area contributed by atoms with Crippen molar-refractivity contribution in [2.24, 2.45) is 0 Å². The third-order valence-electron chi connectivity index (χ3n) is 7.22. The Morgan fingerprint density at radius 2 is 1.50 bits per heavy atom. The summed E-state index contributed by atoms with van der Waals surface area (Å²) < 4.78 is 0. The van der Waals surface area contributed by atoms with Gasteiger partial charge in [0.1, 0.15) is 5.75 Å². The Kier molecular flexibility index (Phi) is 6.53. The summed E-state index contributed by atoms with van der Waals surface area (Å²) in [6.45, 7) is 2.02. The molecule has 0 amide bonds. The number of hydrogen-bond acceptors (Lipinski definition) is 4. The van der Waals surface area contributed by atoms with Crippen LogP contribution in [-0.2, 0) is 12.8 Å². The van der Waals surface area contributed by atoms with E-state index in [0.717, 1.165) is 51.3 Å². The van der Waals surface area contributed by atoms with Crippen molar-refractivity contribution in [3.05, 3.63) is 119 Å². The van der Waals surface area contributed by atoms with Gasteiger partial charge < -0.3 is 5.11 Å². The van der Waals surface area contributed by atoms with Crippen LogP contribution >= 0.6 is 0 Å². The predicted octanol–water partition coefficient (Wildman–Crippen LogP) is 7.94. The molecule has 3 heterocycles. The average Bonchev–Trinajstić information content (AvgIpc) is 2.97. The number of hydrogen-bond donors (Lipinski definition) is 1. The predicted molar refractivity (Wildman–Crippen MR) is 155 cm³/mol. The van der Waals surface area contributed by atoms with Crippen LogP contribution in [-0.4, -0.2) is 20.1 Å². The largest absolute Gasteiger partial charge is 0.507 e. The van der Waals surface area contributed by atoms with Crippen molar-refractivity contribution in [3.8, 4) is 39.5 Å². The van der Waals surface area contributed by atoms with Crippen molar-refractivity contribution in [2.75, 3.05) is 0 Å². The van der Waals surface area contributed by atoms with E-state index in [-0.39, 0.29) is 5.75 Å². The van der Waals surface area contributed by atoms with E-state index in [1.54, 1.807) is 12.3 Å². The molecule has 186 valence electrons. The zero-order chi connectivity index (χ0) is 25.9. The highest BCUT2D eigenvalue weighted by molar-refractivity contribution is 5.82. The molecule has 0 fully saturated rings. The Hall–Kier alpha value is -4.57. The summed E-state index contributed by atoms with van der Waals surface area (Å²) in [5.74, 6) is 0.224. The maximum atomic E-state index is 10.3.